The molecular formula is C14H23O3S-. The van der Waals surface area contributed by atoms with E-state index >= 15 is 0 Å². The lowest BCUT2D eigenvalue weighted by molar-refractivity contribution is -0.0210. The van der Waals surface area contributed by atoms with Crippen LogP contribution in [0.2, 0.25) is 0 Å². The first-order valence-corrected chi connectivity index (χ1v) is 8.30. The lowest BCUT2D eigenvalue weighted by atomic mass is 9.71. The average molecular weight is 271 g/mol. The Bertz CT molecular complexity index is 327. The second kappa shape index (κ2) is 6.83. The Balaban J connectivity index is 1.77. The van der Waals surface area contributed by atoms with Crippen LogP contribution in [-0.4, -0.2) is 27.2 Å². The molecule has 0 saturated heterocycles. The van der Waals surface area contributed by atoms with Crippen LogP contribution >= 0.6 is 0 Å². The van der Waals surface area contributed by atoms with Gasteiger partial charge in [-0.25, -0.2) is 0 Å². The summed E-state index contributed by atoms with van der Waals surface area (Å²) in [7, 11) is 0. The molecule has 0 aliphatic heterocycles. The fourth-order valence-electron chi connectivity index (χ4n) is 3.27. The maximum Gasteiger partial charge on any atom is 0.0606 e. The van der Waals surface area contributed by atoms with Crippen molar-refractivity contribution in [3.8, 4) is 0 Å². The molecule has 0 amide bonds. The van der Waals surface area contributed by atoms with Gasteiger partial charge in [0.25, 0.3) is 0 Å². The van der Waals surface area contributed by atoms with Crippen molar-refractivity contribution in [3.63, 3.8) is 0 Å². The third kappa shape index (κ3) is 3.90. The highest BCUT2D eigenvalue weighted by molar-refractivity contribution is 7.79. The Kier molecular flexibility index (Phi) is 5.39. The van der Waals surface area contributed by atoms with E-state index in [1.807, 2.05) is 0 Å². The first-order valence-electron chi connectivity index (χ1n) is 7.06. The van der Waals surface area contributed by atoms with Crippen molar-refractivity contribution in [1.82, 2.24) is 0 Å². The Morgan fingerprint density at radius 2 is 2.33 bits per heavy atom. The van der Waals surface area contributed by atoms with E-state index in [4.69, 9.17) is 4.74 Å². The summed E-state index contributed by atoms with van der Waals surface area (Å²) in [5, 5.41) is 0. The second-order valence-corrected chi connectivity index (χ2v) is 6.50. The van der Waals surface area contributed by atoms with Crippen molar-refractivity contribution in [2.45, 2.75) is 51.6 Å². The largest absolute Gasteiger partial charge is 0.772 e. The normalized spacial score (nSPS) is 33.0. The molecule has 2 aliphatic carbocycles. The molecule has 0 aromatic carbocycles. The molecule has 2 aliphatic rings. The Morgan fingerprint density at radius 3 is 3.06 bits per heavy atom. The van der Waals surface area contributed by atoms with Gasteiger partial charge in [-0.05, 0) is 50.4 Å². The van der Waals surface area contributed by atoms with Gasteiger partial charge in [0.2, 0.25) is 0 Å². The highest BCUT2D eigenvalue weighted by atomic mass is 32.2. The predicted molar refractivity (Wildman–Crippen MR) is 72.0 cm³/mol. The van der Waals surface area contributed by atoms with Crippen LogP contribution in [0.5, 0.6) is 0 Å². The summed E-state index contributed by atoms with van der Waals surface area (Å²) >= 11 is -1.92. The molecule has 3 nitrogen and oxygen atoms in total. The topological polar surface area (TPSA) is 49.4 Å². The third-order valence-corrected chi connectivity index (χ3v) is 4.81. The number of ether oxygens (including phenoxy) is 1. The molecule has 0 heterocycles. The minimum Gasteiger partial charge on any atom is -0.772 e. The summed E-state index contributed by atoms with van der Waals surface area (Å²) in [6.07, 6.45) is 9.45. The summed E-state index contributed by atoms with van der Waals surface area (Å²) in [6, 6.07) is 0. The van der Waals surface area contributed by atoms with Crippen LogP contribution in [0.3, 0.4) is 0 Å². The summed E-state index contributed by atoms with van der Waals surface area (Å²) in [4.78, 5) is 0. The summed E-state index contributed by atoms with van der Waals surface area (Å²) in [5.74, 6) is 1.66. The summed E-state index contributed by atoms with van der Waals surface area (Å²) in [5.41, 5.74) is 1.59. The Labute approximate surface area is 112 Å². The van der Waals surface area contributed by atoms with E-state index in [0.717, 1.165) is 18.8 Å². The monoisotopic (exact) mass is 271 g/mol. The van der Waals surface area contributed by atoms with Crippen LogP contribution in [0, 0.1) is 11.8 Å². The van der Waals surface area contributed by atoms with E-state index in [2.05, 4.69) is 13.0 Å². The molecule has 1 fully saturated rings. The van der Waals surface area contributed by atoms with Crippen molar-refractivity contribution in [2.24, 2.45) is 11.8 Å². The minimum absolute atomic E-state index is 0.222. The van der Waals surface area contributed by atoms with Gasteiger partial charge >= 0.3 is 0 Å². The first-order chi connectivity index (χ1) is 8.69. The van der Waals surface area contributed by atoms with Crippen molar-refractivity contribution >= 4 is 11.1 Å². The van der Waals surface area contributed by atoms with E-state index in [-0.39, 0.29) is 5.75 Å². The standard InChI is InChI=1S/C14H24O3S/c1-2-11-8-12-4-5-14(13(9-11)10-12)17-6-3-7-18(15)16/h8,12-14H,2-7,9-10H2,1H3,(H,15,16)/p-1. The van der Waals surface area contributed by atoms with E-state index in [0.29, 0.717) is 25.0 Å². The van der Waals surface area contributed by atoms with Crippen LogP contribution in [0.1, 0.15) is 45.4 Å². The van der Waals surface area contributed by atoms with Gasteiger partial charge in [-0.2, -0.15) is 0 Å². The Hall–Kier alpha value is -0.190. The van der Waals surface area contributed by atoms with Crippen molar-refractivity contribution in [3.05, 3.63) is 11.6 Å². The van der Waals surface area contributed by atoms with Gasteiger partial charge in [-0.1, -0.05) is 29.7 Å². The predicted octanol–water partition coefficient (Wildman–Crippen LogP) is 2.80. The summed E-state index contributed by atoms with van der Waals surface area (Å²) in [6.45, 7) is 2.82. The molecule has 0 radical (unpaired) electrons. The van der Waals surface area contributed by atoms with Crippen LogP contribution in [-0.2, 0) is 15.8 Å². The fraction of sp³-hybridized carbons (Fsp3) is 0.857. The number of hydrogen-bond donors (Lipinski definition) is 0. The zero-order valence-corrected chi connectivity index (χ0v) is 11.9. The highest BCUT2D eigenvalue weighted by Gasteiger charge is 2.33. The maximum absolute atomic E-state index is 10.4. The van der Waals surface area contributed by atoms with Crippen LogP contribution in [0.4, 0.5) is 0 Å². The molecule has 2 bridgehead atoms. The van der Waals surface area contributed by atoms with Gasteiger partial charge in [0, 0.05) is 12.4 Å². The molecule has 104 valence electrons. The molecular weight excluding hydrogens is 248 g/mol. The lowest BCUT2D eigenvalue weighted by Gasteiger charge is -2.39. The number of fused-ring (bicyclic) bond motifs is 2. The van der Waals surface area contributed by atoms with E-state index in [1.54, 1.807) is 5.57 Å². The Morgan fingerprint density at radius 1 is 1.50 bits per heavy atom. The summed E-state index contributed by atoms with van der Waals surface area (Å²) < 4.78 is 26.8. The smallest absolute Gasteiger partial charge is 0.0606 e. The SMILES string of the molecule is CCC1=CC2CCC(OCCCS(=O)[O-])C(C1)C2. The zero-order chi connectivity index (χ0) is 13.0. The van der Waals surface area contributed by atoms with E-state index < -0.39 is 11.1 Å². The first kappa shape index (κ1) is 14.2. The molecule has 4 heteroatoms. The average Bonchev–Trinajstić information content (AvgIpc) is 2.36. The lowest BCUT2D eigenvalue weighted by Crippen LogP contribution is -2.34. The van der Waals surface area contributed by atoms with Crippen molar-refractivity contribution in [1.29, 1.82) is 0 Å². The van der Waals surface area contributed by atoms with Gasteiger partial charge in [0.05, 0.1) is 6.10 Å². The van der Waals surface area contributed by atoms with Crippen LogP contribution in [0.15, 0.2) is 11.6 Å². The second-order valence-electron chi connectivity index (χ2n) is 5.49. The van der Waals surface area contributed by atoms with Crippen LogP contribution in [0.25, 0.3) is 0 Å². The number of hydrogen-bond acceptors (Lipinski definition) is 3. The van der Waals surface area contributed by atoms with Gasteiger partial charge in [-0.3, -0.25) is 4.21 Å². The van der Waals surface area contributed by atoms with E-state index in [1.165, 1.54) is 19.3 Å². The molecule has 2 rings (SSSR count). The quantitative estimate of drug-likeness (QED) is 0.424. The van der Waals surface area contributed by atoms with Gasteiger partial charge < -0.3 is 9.29 Å². The molecule has 0 aromatic heterocycles. The van der Waals surface area contributed by atoms with Gasteiger partial charge in [-0.15, -0.1) is 0 Å². The number of allylic oxidation sites excluding steroid dienone is 2. The van der Waals surface area contributed by atoms with Crippen molar-refractivity contribution in [2.75, 3.05) is 12.4 Å². The minimum atomic E-state index is -1.92. The van der Waals surface area contributed by atoms with Crippen LogP contribution < -0.4 is 0 Å². The fourth-order valence-corrected chi connectivity index (χ4v) is 3.62. The maximum atomic E-state index is 10.4. The van der Waals surface area contributed by atoms with Gasteiger partial charge in [0.1, 0.15) is 0 Å². The van der Waals surface area contributed by atoms with E-state index in [9.17, 15) is 8.76 Å². The molecule has 4 atom stereocenters. The molecule has 1 saturated carbocycles. The molecule has 0 N–H and O–H groups in total. The molecule has 4 unspecified atom stereocenters. The molecule has 18 heavy (non-hydrogen) atoms. The van der Waals surface area contributed by atoms with Gasteiger partial charge in [0.15, 0.2) is 0 Å². The zero-order valence-electron chi connectivity index (χ0n) is 11.1. The van der Waals surface area contributed by atoms with Crippen molar-refractivity contribution < 1.29 is 13.5 Å². The molecule has 0 spiro atoms. The highest BCUT2D eigenvalue weighted by Crippen LogP contribution is 2.41. The number of rotatable bonds is 6. The molecule has 0 aromatic rings. The third-order valence-electron chi connectivity index (χ3n) is 4.19.